The van der Waals surface area contributed by atoms with Gasteiger partial charge in [0.15, 0.2) is 0 Å². The van der Waals surface area contributed by atoms with Crippen molar-refractivity contribution in [2.45, 2.75) is 6.92 Å². The summed E-state index contributed by atoms with van der Waals surface area (Å²) in [5.74, 6) is 0. The maximum absolute atomic E-state index is 10.3. The molecule has 0 radical (unpaired) electrons. The normalized spacial score (nSPS) is 11.7. The van der Waals surface area contributed by atoms with Crippen molar-refractivity contribution in [2.75, 3.05) is 0 Å². The van der Waals surface area contributed by atoms with E-state index < -0.39 is 0 Å². The van der Waals surface area contributed by atoms with Crippen molar-refractivity contribution in [1.82, 2.24) is 0 Å². The standard InChI is InChI=1S/C48H31NS/c1-3-15-34-32(4-2)42(29-49)33-18-8-9-19-35(33)47(34)41-24-14-25-43-48(41)40-27-26-31(28-44(40)50-43)46-38-22-12-10-20-36(38)45(30-16-6-5-7-17-30)37-21-11-13-23-39(37)46/h3-28H,2H2,1H3/b15-3-. The molecular formula is C48H31NS. The fourth-order valence-electron chi connectivity index (χ4n) is 7.99. The van der Waals surface area contributed by atoms with Crippen molar-refractivity contribution in [3.63, 3.8) is 0 Å². The predicted octanol–water partition coefficient (Wildman–Crippen LogP) is 14.1. The zero-order valence-electron chi connectivity index (χ0n) is 27.6. The molecule has 0 aliphatic rings. The molecule has 0 aliphatic heterocycles. The molecule has 0 spiro atoms. The van der Waals surface area contributed by atoms with Crippen molar-refractivity contribution >= 4 is 76.0 Å². The number of hydrogen-bond acceptors (Lipinski definition) is 2. The fraction of sp³-hybridized carbons (Fsp3) is 0.0208. The van der Waals surface area contributed by atoms with Crippen molar-refractivity contribution in [3.05, 3.63) is 169 Å². The second kappa shape index (κ2) is 12.0. The van der Waals surface area contributed by atoms with E-state index in [1.54, 1.807) is 0 Å². The Labute approximate surface area is 295 Å². The van der Waals surface area contributed by atoms with Gasteiger partial charge >= 0.3 is 0 Å². The molecule has 0 atom stereocenters. The lowest BCUT2D eigenvalue weighted by atomic mass is 9.84. The van der Waals surface area contributed by atoms with Gasteiger partial charge in [0.05, 0.1) is 5.56 Å². The molecule has 0 N–H and O–H groups in total. The minimum atomic E-state index is 0.664. The molecule has 0 unspecified atom stereocenters. The van der Waals surface area contributed by atoms with E-state index in [1.807, 2.05) is 30.4 Å². The quantitative estimate of drug-likeness (QED) is 0.170. The molecule has 0 amide bonds. The van der Waals surface area contributed by atoms with Crippen molar-refractivity contribution in [2.24, 2.45) is 0 Å². The number of hydrogen-bond donors (Lipinski definition) is 0. The summed E-state index contributed by atoms with van der Waals surface area (Å²) in [5, 5.41) is 19.8. The molecular weight excluding hydrogens is 623 g/mol. The van der Waals surface area contributed by atoms with E-state index in [4.69, 9.17) is 0 Å². The summed E-state index contributed by atoms with van der Waals surface area (Å²) in [5.41, 5.74) is 9.84. The molecule has 0 saturated heterocycles. The molecule has 0 bridgehead atoms. The summed E-state index contributed by atoms with van der Waals surface area (Å²) in [4.78, 5) is 0. The topological polar surface area (TPSA) is 23.8 Å². The van der Waals surface area contributed by atoms with Gasteiger partial charge in [-0.3, -0.25) is 0 Å². The molecule has 9 rings (SSSR count). The Morgan fingerprint density at radius 3 is 1.72 bits per heavy atom. The van der Waals surface area contributed by atoms with Crippen LogP contribution in [0.5, 0.6) is 0 Å². The molecule has 9 aromatic rings. The summed E-state index contributed by atoms with van der Waals surface area (Å²) in [6.07, 6.45) is 6.01. The fourth-order valence-corrected chi connectivity index (χ4v) is 9.16. The molecule has 50 heavy (non-hydrogen) atoms. The Hall–Kier alpha value is -6.27. The largest absolute Gasteiger partial charge is 0.192 e. The molecule has 0 fully saturated rings. The van der Waals surface area contributed by atoms with Crippen LogP contribution in [0.1, 0.15) is 23.6 Å². The van der Waals surface area contributed by atoms with Gasteiger partial charge in [-0.05, 0) is 84.9 Å². The summed E-state index contributed by atoms with van der Waals surface area (Å²) < 4.78 is 2.49. The van der Waals surface area contributed by atoms with E-state index in [-0.39, 0.29) is 0 Å². The van der Waals surface area contributed by atoms with Gasteiger partial charge in [-0.2, -0.15) is 5.26 Å². The first-order valence-electron chi connectivity index (χ1n) is 16.9. The summed E-state index contributed by atoms with van der Waals surface area (Å²) in [7, 11) is 0. The summed E-state index contributed by atoms with van der Waals surface area (Å²) in [6, 6.07) is 52.8. The van der Waals surface area contributed by atoms with Crippen LogP contribution in [0, 0.1) is 11.3 Å². The number of thiophene rings is 1. The molecule has 0 aliphatic carbocycles. The maximum atomic E-state index is 10.3. The van der Waals surface area contributed by atoms with Crippen LogP contribution in [0.15, 0.2) is 152 Å². The maximum Gasteiger partial charge on any atom is 0.100 e. The third-order valence-electron chi connectivity index (χ3n) is 9.99. The van der Waals surface area contributed by atoms with E-state index in [9.17, 15) is 5.26 Å². The van der Waals surface area contributed by atoms with Gasteiger partial charge in [0.25, 0.3) is 0 Å². The number of fused-ring (bicyclic) bond motifs is 6. The van der Waals surface area contributed by atoms with Gasteiger partial charge in [0.1, 0.15) is 6.07 Å². The predicted molar refractivity (Wildman–Crippen MR) is 218 cm³/mol. The monoisotopic (exact) mass is 653 g/mol. The SMILES string of the molecule is C=Cc1c(/C=C\C)c(-c2cccc3sc4cc(-c5c6ccccc6c(-c6ccccc6)c6ccccc56)ccc4c23)c2ccccc2c1C#N. The van der Waals surface area contributed by atoms with E-state index in [2.05, 4.69) is 158 Å². The van der Waals surface area contributed by atoms with Crippen LogP contribution < -0.4 is 0 Å². The minimum absolute atomic E-state index is 0.664. The van der Waals surface area contributed by atoms with Crippen LogP contribution >= 0.6 is 11.3 Å². The first-order valence-corrected chi connectivity index (χ1v) is 17.7. The number of benzene rings is 8. The van der Waals surface area contributed by atoms with Crippen LogP contribution in [0.3, 0.4) is 0 Å². The zero-order chi connectivity index (χ0) is 33.8. The molecule has 8 aromatic carbocycles. The third-order valence-corrected chi connectivity index (χ3v) is 11.1. The first kappa shape index (κ1) is 29.8. The molecule has 234 valence electrons. The van der Waals surface area contributed by atoms with Crippen LogP contribution in [0.4, 0.5) is 0 Å². The highest BCUT2D eigenvalue weighted by Crippen LogP contribution is 2.48. The minimum Gasteiger partial charge on any atom is -0.192 e. The van der Waals surface area contributed by atoms with Gasteiger partial charge in [-0.15, -0.1) is 11.3 Å². The van der Waals surface area contributed by atoms with Crippen LogP contribution in [0.25, 0.3) is 98.0 Å². The number of rotatable bonds is 5. The smallest absolute Gasteiger partial charge is 0.100 e. The second-order valence-electron chi connectivity index (χ2n) is 12.6. The lowest BCUT2D eigenvalue weighted by molar-refractivity contribution is 1.48. The molecule has 0 saturated carbocycles. The van der Waals surface area contributed by atoms with Gasteiger partial charge in [0, 0.05) is 31.1 Å². The lowest BCUT2D eigenvalue weighted by Gasteiger charge is -2.18. The van der Waals surface area contributed by atoms with Crippen LogP contribution in [0.2, 0.25) is 0 Å². The summed E-state index contributed by atoms with van der Waals surface area (Å²) >= 11 is 1.84. The Morgan fingerprint density at radius 1 is 0.540 bits per heavy atom. The Balaban J connectivity index is 1.34. The molecule has 1 nitrogen and oxygen atoms in total. The van der Waals surface area contributed by atoms with Gasteiger partial charge in [-0.25, -0.2) is 0 Å². The highest BCUT2D eigenvalue weighted by molar-refractivity contribution is 7.26. The van der Waals surface area contributed by atoms with Gasteiger partial charge < -0.3 is 0 Å². The van der Waals surface area contributed by atoms with E-state index in [1.165, 1.54) is 69.5 Å². The zero-order valence-corrected chi connectivity index (χ0v) is 28.4. The van der Waals surface area contributed by atoms with Crippen molar-refractivity contribution in [3.8, 4) is 39.4 Å². The Kier molecular flexibility index (Phi) is 7.16. The van der Waals surface area contributed by atoms with E-state index in [0.717, 1.165) is 27.5 Å². The van der Waals surface area contributed by atoms with Crippen LogP contribution in [-0.2, 0) is 0 Å². The Bertz CT molecular complexity index is 2840. The highest BCUT2D eigenvalue weighted by Gasteiger charge is 2.22. The lowest BCUT2D eigenvalue weighted by Crippen LogP contribution is -1.96. The molecule has 2 heteroatoms. The van der Waals surface area contributed by atoms with E-state index in [0.29, 0.717) is 5.56 Å². The van der Waals surface area contributed by atoms with Gasteiger partial charge in [-0.1, -0.05) is 152 Å². The third kappa shape index (κ3) is 4.45. The van der Waals surface area contributed by atoms with Gasteiger partial charge in [0.2, 0.25) is 0 Å². The number of nitrogens with zero attached hydrogens (tertiary/aromatic N) is 1. The molecule has 1 heterocycles. The average Bonchev–Trinajstić information content (AvgIpc) is 3.55. The van der Waals surface area contributed by atoms with Crippen molar-refractivity contribution in [1.29, 1.82) is 5.26 Å². The second-order valence-corrected chi connectivity index (χ2v) is 13.7. The summed E-state index contributed by atoms with van der Waals surface area (Å²) in [6.45, 7) is 6.18. The highest BCUT2D eigenvalue weighted by atomic mass is 32.1. The van der Waals surface area contributed by atoms with E-state index >= 15 is 0 Å². The molecule has 1 aromatic heterocycles. The van der Waals surface area contributed by atoms with Crippen LogP contribution in [-0.4, -0.2) is 0 Å². The number of allylic oxidation sites excluding steroid dienone is 1. The van der Waals surface area contributed by atoms with Crippen molar-refractivity contribution < 1.29 is 0 Å². The average molecular weight is 654 g/mol. The first-order chi connectivity index (χ1) is 24.7. The number of nitriles is 1. The Morgan fingerprint density at radius 2 is 1.12 bits per heavy atom.